The molecule has 5 heteroatoms. The molecule has 110 valence electrons. The molecule has 21 heavy (non-hydrogen) atoms. The lowest BCUT2D eigenvalue weighted by molar-refractivity contribution is -0.137. The zero-order valence-corrected chi connectivity index (χ0v) is 11.2. The molecular weight excluding hydrogens is 284 g/mol. The fraction of sp³-hybridized carbons (Fsp3) is 0.188. The molecule has 0 radical (unpaired) electrons. The molecule has 2 aromatic carbocycles. The number of alkyl halides is 3. The molecule has 2 aromatic rings. The van der Waals surface area contributed by atoms with Crippen LogP contribution in [0, 0.1) is 5.82 Å². The second-order valence-corrected chi connectivity index (χ2v) is 4.54. The minimum atomic E-state index is -4.59. The van der Waals surface area contributed by atoms with Crippen LogP contribution in [0.5, 0.6) is 0 Å². The van der Waals surface area contributed by atoms with Gasteiger partial charge in [0.2, 0.25) is 0 Å². The molecule has 0 spiro atoms. The van der Waals surface area contributed by atoms with E-state index in [4.69, 9.17) is 0 Å². The summed E-state index contributed by atoms with van der Waals surface area (Å²) in [7, 11) is 0. The molecule has 0 N–H and O–H groups in total. The van der Waals surface area contributed by atoms with E-state index in [1.807, 2.05) is 0 Å². The first-order valence-electron chi connectivity index (χ1n) is 6.33. The average Bonchev–Trinajstić information content (AvgIpc) is 2.46. The summed E-state index contributed by atoms with van der Waals surface area (Å²) in [5, 5.41) is 0. The average molecular weight is 296 g/mol. The maximum atomic E-state index is 13.2. The summed E-state index contributed by atoms with van der Waals surface area (Å²) in [4.78, 5) is 11.6. The van der Waals surface area contributed by atoms with E-state index >= 15 is 0 Å². The summed E-state index contributed by atoms with van der Waals surface area (Å²) < 4.78 is 52.4. The standard InChI is InChI=1S/C16H12F4O/c1-2-15(21)11-5-8-13(14(9-11)16(18,19)20)10-3-6-12(17)7-4-10/h3-9H,2H2,1H3. The van der Waals surface area contributed by atoms with Crippen LogP contribution in [0.15, 0.2) is 42.5 Å². The number of ketones is 1. The molecule has 0 amide bonds. The normalized spacial score (nSPS) is 11.5. The lowest BCUT2D eigenvalue weighted by atomic mass is 9.95. The van der Waals surface area contributed by atoms with Crippen molar-refractivity contribution in [2.24, 2.45) is 0 Å². The van der Waals surface area contributed by atoms with Crippen molar-refractivity contribution in [3.8, 4) is 11.1 Å². The Morgan fingerprint density at radius 3 is 2.19 bits per heavy atom. The molecule has 0 saturated carbocycles. The molecule has 0 aliphatic rings. The number of hydrogen-bond acceptors (Lipinski definition) is 1. The van der Waals surface area contributed by atoms with E-state index < -0.39 is 17.6 Å². The van der Waals surface area contributed by atoms with E-state index in [0.29, 0.717) is 0 Å². The predicted octanol–water partition coefficient (Wildman–Crippen LogP) is 5.10. The quantitative estimate of drug-likeness (QED) is 0.568. The van der Waals surface area contributed by atoms with Crippen LogP contribution >= 0.6 is 0 Å². The van der Waals surface area contributed by atoms with Gasteiger partial charge in [0.15, 0.2) is 5.78 Å². The van der Waals surface area contributed by atoms with E-state index in [0.717, 1.165) is 18.2 Å². The lowest BCUT2D eigenvalue weighted by Crippen LogP contribution is -2.09. The van der Waals surface area contributed by atoms with Gasteiger partial charge in [-0.15, -0.1) is 0 Å². The van der Waals surface area contributed by atoms with Gasteiger partial charge in [-0.2, -0.15) is 13.2 Å². The molecule has 0 unspecified atom stereocenters. The SMILES string of the molecule is CCC(=O)c1ccc(-c2ccc(F)cc2)c(C(F)(F)F)c1. The number of carbonyl (C=O) groups is 1. The first-order chi connectivity index (χ1) is 9.82. The van der Waals surface area contributed by atoms with E-state index in [2.05, 4.69) is 0 Å². The maximum absolute atomic E-state index is 13.2. The molecule has 0 aromatic heterocycles. The molecule has 0 fully saturated rings. The van der Waals surface area contributed by atoms with Crippen LogP contribution in [-0.2, 0) is 6.18 Å². The number of carbonyl (C=O) groups excluding carboxylic acids is 1. The largest absolute Gasteiger partial charge is 0.417 e. The van der Waals surface area contributed by atoms with Gasteiger partial charge in [-0.3, -0.25) is 4.79 Å². The van der Waals surface area contributed by atoms with E-state index in [-0.39, 0.29) is 28.9 Å². The Hall–Kier alpha value is -2.17. The van der Waals surface area contributed by atoms with Crippen LogP contribution in [0.3, 0.4) is 0 Å². The molecule has 0 saturated heterocycles. The van der Waals surface area contributed by atoms with Crippen molar-refractivity contribution in [1.29, 1.82) is 0 Å². The minimum absolute atomic E-state index is 0.0238. The van der Waals surface area contributed by atoms with Crippen molar-refractivity contribution in [3.05, 3.63) is 59.4 Å². The first kappa shape index (κ1) is 15.2. The third-order valence-corrected chi connectivity index (χ3v) is 3.12. The highest BCUT2D eigenvalue weighted by Crippen LogP contribution is 2.37. The van der Waals surface area contributed by atoms with Crippen molar-refractivity contribution in [2.75, 3.05) is 0 Å². The van der Waals surface area contributed by atoms with Gasteiger partial charge in [0.05, 0.1) is 5.56 Å². The molecule has 0 bridgehead atoms. The molecule has 2 rings (SSSR count). The Labute approximate surface area is 119 Å². The van der Waals surface area contributed by atoms with Crippen molar-refractivity contribution in [3.63, 3.8) is 0 Å². The highest BCUT2D eigenvalue weighted by atomic mass is 19.4. The Bertz CT molecular complexity index is 657. The minimum Gasteiger partial charge on any atom is -0.294 e. The fourth-order valence-corrected chi connectivity index (χ4v) is 2.04. The predicted molar refractivity (Wildman–Crippen MR) is 71.5 cm³/mol. The number of Topliss-reactive ketones (excluding diaryl/α,β-unsaturated/α-hetero) is 1. The van der Waals surface area contributed by atoms with E-state index in [1.165, 1.54) is 24.3 Å². The molecule has 0 aliphatic carbocycles. The second kappa shape index (κ2) is 5.68. The summed E-state index contributed by atoms with van der Waals surface area (Å²) in [5.74, 6) is -0.878. The second-order valence-electron chi connectivity index (χ2n) is 4.54. The molecule has 0 atom stereocenters. The van der Waals surface area contributed by atoms with Crippen LogP contribution in [0.4, 0.5) is 17.6 Å². The van der Waals surface area contributed by atoms with Gasteiger partial charge < -0.3 is 0 Å². The van der Waals surface area contributed by atoms with Crippen molar-refractivity contribution < 1.29 is 22.4 Å². The molecule has 0 aliphatic heterocycles. The van der Waals surface area contributed by atoms with E-state index in [1.54, 1.807) is 6.92 Å². The summed E-state index contributed by atoms with van der Waals surface area (Å²) in [6, 6.07) is 8.22. The Morgan fingerprint density at radius 2 is 1.67 bits per heavy atom. The van der Waals surface area contributed by atoms with Crippen LogP contribution in [-0.4, -0.2) is 5.78 Å². The van der Waals surface area contributed by atoms with Gasteiger partial charge in [0, 0.05) is 12.0 Å². The number of rotatable bonds is 3. The van der Waals surface area contributed by atoms with Gasteiger partial charge in [-0.05, 0) is 29.3 Å². The van der Waals surface area contributed by atoms with Gasteiger partial charge in [-0.1, -0.05) is 31.2 Å². The van der Waals surface area contributed by atoms with Crippen LogP contribution < -0.4 is 0 Å². The molecular formula is C16H12F4O. The van der Waals surface area contributed by atoms with Gasteiger partial charge in [0.25, 0.3) is 0 Å². The number of benzene rings is 2. The summed E-state index contributed by atoms with van der Waals surface area (Å²) in [6.45, 7) is 1.59. The van der Waals surface area contributed by atoms with Crippen molar-refractivity contribution >= 4 is 5.78 Å². The Balaban J connectivity index is 2.60. The van der Waals surface area contributed by atoms with Crippen molar-refractivity contribution in [1.82, 2.24) is 0 Å². The lowest BCUT2D eigenvalue weighted by Gasteiger charge is -2.14. The highest BCUT2D eigenvalue weighted by molar-refractivity contribution is 5.96. The fourth-order valence-electron chi connectivity index (χ4n) is 2.04. The summed E-state index contributed by atoms with van der Waals surface area (Å²) >= 11 is 0. The third kappa shape index (κ3) is 3.29. The number of halogens is 4. The molecule has 0 heterocycles. The highest BCUT2D eigenvalue weighted by Gasteiger charge is 2.34. The van der Waals surface area contributed by atoms with Crippen LogP contribution in [0.25, 0.3) is 11.1 Å². The van der Waals surface area contributed by atoms with Crippen LogP contribution in [0.1, 0.15) is 29.3 Å². The Morgan fingerprint density at radius 1 is 1.05 bits per heavy atom. The maximum Gasteiger partial charge on any atom is 0.417 e. The smallest absolute Gasteiger partial charge is 0.294 e. The van der Waals surface area contributed by atoms with Gasteiger partial charge in [-0.25, -0.2) is 4.39 Å². The third-order valence-electron chi connectivity index (χ3n) is 3.12. The summed E-state index contributed by atoms with van der Waals surface area (Å²) in [6.07, 6.45) is -4.46. The Kier molecular flexibility index (Phi) is 4.11. The zero-order valence-electron chi connectivity index (χ0n) is 11.2. The van der Waals surface area contributed by atoms with Gasteiger partial charge >= 0.3 is 6.18 Å². The van der Waals surface area contributed by atoms with Crippen LogP contribution in [0.2, 0.25) is 0 Å². The topological polar surface area (TPSA) is 17.1 Å². The van der Waals surface area contributed by atoms with E-state index in [9.17, 15) is 22.4 Å². The zero-order chi connectivity index (χ0) is 15.6. The first-order valence-corrected chi connectivity index (χ1v) is 6.33. The molecule has 1 nitrogen and oxygen atoms in total. The van der Waals surface area contributed by atoms with Crippen molar-refractivity contribution in [2.45, 2.75) is 19.5 Å². The number of hydrogen-bond donors (Lipinski definition) is 0. The summed E-state index contributed by atoms with van der Waals surface area (Å²) in [5.41, 5.74) is -0.696. The van der Waals surface area contributed by atoms with Gasteiger partial charge in [0.1, 0.15) is 5.82 Å². The monoisotopic (exact) mass is 296 g/mol.